The van der Waals surface area contributed by atoms with Crippen LogP contribution in [-0.4, -0.2) is 20.5 Å². The number of carbonyl (C=O) groups is 1. The van der Waals surface area contributed by atoms with Crippen molar-refractivity contribution in [3.8, 4) is 0 Å². The number of fused-ring (bicyclic) bond motifs is 2. The fourth-order valence-electron chi connectivity index (χ4n) is 4.26. The number of carbonyl (C=O) groups excluding carboxylic acids is 1. The molecule has 2 aromatic heterocycles. The predicted octanol–water partition coefficient (Wildman–Crippen LogP) is 4.73. The van der Waals surface area contributed by atoms with E-state index in [1.807, 2.05) is 16.1 Å². The van der Waals surface area contributed by atoms with Crippen LogP contribution in [0.2, 0.25) is 0 Å². The highest BCUT2D eigenvalue weighted by molar-refractivity contribution is 7.10. The maximum absolute atomic E-state index is 13.3. The molecule has 142 valence electrons. The molecule has 3 heterocycles. The van der Waals surface area contributed by atoms with Crippen molar-refractivity contribution in [3.05, 3.63) is 75.9 Å². The number of hydrogen-bond acceptors (Lipinski definition) is 5. The van der Waals surface area contributed by atoms with E-state index in [1.165, 1.54) is 11.1 Å². The lowest BCUT2D eigenvalue weighted by molar-refractivity contribution is -0.123. The summed E-state index contributed by atoms with van der Waals surface area (Å²) < 4.78 is 1.85. The predicted molar refractivity (Wildman–Crippen MR) is 111 cm³/mol. The van der Waals surface area contributed by atoms with Crippen LogP contribution in [0, 0.1) is 5.92 Å². The van der Waals surface area contributed by atoms with Gasteiger partial charge in [0.15, 0.2) is 0 Å². The minimum absolute atomic E-state index is 0.0888. The lowest BCUT2D eigenvalue weighted by atomic mass is 9.77. The molecule has 1 aliphatic heterocycles. The van der Waals surface area contributed by atoms with Gasteiger partial charge in [0.25, 0.3) is 0 Å². The minimum atomic E-state index is -0.237. The molecule has 6 heteroatoms. The standard InChI is InChI=1S/C22H22N4OS/c1-13(2)14-5-7-15(8-6-14)16-10-17-20(18(27)11-16)21(19-4-3-9-28-19)26-22(25-17)23-12-24-26/h3-10,12-13,16,20-21H,11H2,1-2H3,(H,23,24,25)/t16-,20-,21-/m0/s1. The Morgan fingerprint density at radius 3 is 2.75 bits per heavy atom. The maximum atomic E-state index is 13.3. The van der Waals surface area contributed by atoms with E-state index >= 15 is 0 Å². The molecule has 3 atom stereocenters. The normalized spacial score (nSPS) is 23.8. The first-order chi connectivity index (χ1) is 13.6. The van der Waals surface area contributed by atoms with Crippen LogP contribution in [0.3, 0.4) is 0 Å². The largest absolute Gasteiger partial charge is 0.328 e. The topological polar surface area (TPSA) is 59.8 Å². The van der Waals surface area contributed by atoms with E-state index in [1.54, 1.807) is 17.7 Å². The number of nitrogens with zero attached hydrogens (tertiary/aromatic N) is 3. The summed E-state index contributed by atoms with van der Waals surface area (Å²) in [6.45, 7) is 4.39. The molecule has 2 aliphatic rings. The first-order valence-corrected chi connectivity index (χ1v) is 10.5. The average molecular weight is 391 g/mol. The Morgan fingerprint density at radius 2 is 2.04 bits per heavy atom. The summed E-state index contributed by atoms with van der Waals surface area (Å²) in [7, 11) is 0. The highest BCUT2D eigenvalue weighted by Crippen LogP contribution is 2.45. The first-order valence-electron chi connectivity index (χ1n) is 9.66. The Kier molecular flexibility index (Phi) is 4.16. The van der Waals surface area contributed by atoms with Crippen molar-refractivity contribution in [1.82, 2.24) is 14.8 Å². The van der Waals surface area contributed by atoms with Crippen molar-refractivity contribution in [1.29, 1.82) is 0 Å². The number of aromatic nitrogens is 3. The van der Waals surface area contributed by atoms with Crippen molar-refractivity contribution >= 4 is 23.1 Å². The van der Waals surface area contributed by atoms with Crippen LogP contribution in [-0.2, 0) is 4.79 Å². The quantitative estimate of drug-likeness (QED) is 0.702. The van der Waals surface area contributed by atoms with Gasteiger partial charge in [0, 0.05) is 22.9 Å². The van der Waals surface area contributed by atoms with E-state index in [9.17, 15) is 4.79 Å². The van der Waals surface area contributed by atoms with Crippen LogP contribution >= 0.6 is 11.3 Å². The van der Waals surface area contributed by atoms with Gasteiger partial charge in [-0.1, -0.05) is 50.3 Å². The van der Waals surface area contributed by atoms with Gasteiger partial charge >= 0.3 is 0 Å². The highest BCUT2D eigenvalue weighted by Gasteiger charge is 2.43. The van der Waals surface area contributed by atoms with E-state index < -0.39 is 0 Å². The number of anilines is 1. The Hall–Kier alpha value is -2.73. The van der Waals surface area contributed by atoms with Gasteiger partial charge in [0.05, 0.1) is 5.92 Å². The van der Waals surface area contributed by atoms with Gasteiger partial charge in [-0.15, -0.1) is 11.3 Å². The number of hydrogen-bond donors (Lipinski definition) is 1. The zero-order valence-corrected chi connectivity index (χ0v) is 16.7. The van der Waals surface area contributed by atoms with Gasteiger partial charge in [-0.25, -0.2) is 4.68 Å². The third-order valence-electron chi connectivity index (χ3n) is 5.76. The number of allylic oxidation sites excluding steroid dienone is 2. The summed E-state index contributed by atoms with van der Waals surface area (Å²) in [6.07, 6.45) is 4.28. The molecule has 5 nitrogen and oxygen atoms in total. The second-order valence-corrected chi connectivity index (χ2v) is 8.79. The molecule has 5 rings (SSSR count). The molecule has 3 aromatic rings. The number of benzene rings is 1. The Balaban J connectivity index is 1.55. The molecular formula is C22H22N4OS. The summed E-state index contributed by atoms with van der Waals surface area (Å²) in [4.78, 5) is 18.8. The SMILES string of the molecule is CC(C)c1ccc([C@H]2C=C3Nc4ncnn4[C@@H](c4cccs4)[C@@H]3C(=O)C2)cc1. The summed E-state index contributed by atoms with van der Waals surface area (Å²) in [5.41, 5.74) is 3.45. The van der Waals surface area contributed by atoms with E-state index in [4.69, 9.17) is 0 Å². The van der Waals surface area contributed by atoms with E-state index in [2.05, 4.69) is 65.7 Å². The second kappa shape index (κ2) is 6.71. The van der Waals surface area contributed by atoms with Crippen molar-refractivity contribution in [2.45, 2.75) is 38.1 Å². The van der Waals surface area contributed by atoms with Crippen molar-refractivity contribution < 1.29 is 4.79 Å². The van der Waals surface area contributed by atoms with E-state index in [-0.39, 0.29) is 23.7 Å². The molecule has 0 amide bonds. The average Bonchev–Trinajstić information content (AvgIpc) is 3.38. The molecule has 1 aliphatic carbocycles. The lowest BCUT2D eigenvalue weighted by Crippen LogP contribution is -2.39. The number of Topliss-reactive ketones (excluding diaryl/α,β-unsaturated/α-hetero) is 1. The Labute approximate surface area is 168 Å². The molecule has 1 N–H and O–H groups in total. The number of nitrogens with one attached hydrogen (secondary N) is 1. The molecule has 0 saturated heterocycles. The second-order valence-electron chi connectivity index (χ2n) is 7.81. The van der Waals surface area contributed by atoms with Gasteiger partial charge in [0.1, 0.15) is 18.2 Å². The van der Waals surface area contributed by atoms with Gasteiger partial charge in [-0.05, 0) is 28.5 Å². The number of ketones is 1. The first kappa shape index (κ1) is 17.4. The maximum Gasteiger partial charge on any atom is 0.226 e. The van der Waals surface area contributed by atoms with Crippen molar-refractivity contribution in [2.75, 3.05) is 5.32 Å². The van der Waals surface area contributed by atoms with E-state index in [0.717, 1.165) is 10.6 Å². The van der Waals surface area contributed by atoms with Crippen LogP contribution in [0.25, 0.3) is 0 Å². The van der Waals surface area contributed by atoms with Crippen molar-refractivity contribution in [3.63, 3.8) is 0 Å². The van der Waals surface area contributed by atoms with Gasteiger partial charge in [-0.2, -0.15) is 10.1 Å². The molecule has 0 spiro atoms. The van der Waals surface area contributed by atoms with Crippen molar-refractivity contribution in [2.24, 2.45) is 5.92 Å². The summed E-state index contributed by atoms with van der Waals surface area (Å²) >= 11 is 1.66. The molecule has 1 aromatic carbocycles. The van der Waals surface area contributed by atoms with Crippen LogP contribution in [0.15, 0.2) is 59.9 Å². The minimum Gasteiger partial charge on any atom is -0.328 e. The third kappa shape index (κ3) is 2.79. The lowest BCUT2D eigenvalue weighted by Gasteiger charge is -2.37. The highest BCUT2D eigenvalue weighted by atomic mass is 32.1. The monoisotopic (exact) mass is 390 g/mol. The van der Waals surface area contributed by atoms with Gasteiger partial charge in [-0.3, -0.25) is 4.79 Å². The van der Waals surface area contributed by atoms with Gasteiger partial charge in [0.2, 0.25) is 5.95 Å². The summed E-state index contributed by atoms with van der Waals surface area (Å²) in [6, 6.07) is 12.6. The zero-order valence-electron chi connectivity index (χ0n) is 15.9. The molecular weight excluding hydrogens is 368 g/mol. The molecule has 0 fully saturated rings. The molecule has 0 unspecified atom stereocenters. The van der Waals surface area contributed by atoms with Gasteiger partial charge < -0.3 is 5.32 Å². The van der Waals surface area contributed by atoms with Crippen LogP contribution in [0.1, 0.15) is 54.1 Å². The Bertz CT molecular complexity index is 1030. The molecule has 28 heavy (non-hydrogen) atoms. The zero-order chi connectivity index (χ0) is 19.3. The molecule has 0 saturated carbocycles. The fraction of sp³-hybridized carbons (Fsp3) is 0.318. The molecule has 0 radical (unpaired) electrons. The van der Waals surface area contributed by atoms with Crippen LogP contribution < -0.4 is 5.32 Å². The number of thiophene rings is 1. The third-order valence-corrected chi connectivity index (χ3v) is 6.70. The summed E-state index contributed by atoms with van der Waals surface area (Å²) in [5, 5.41) is 9.80. The van der Waals surface area contributed by atoms with Crippen LogP contribution in [0.4, 0.5) is 5.95 Å². The smallest absolute Gasteiger partial charge is 0.226 e. The summed E-state index contributed by atoms with van der Waals surface area (Å²) in [5.74, 6) is 1.31. The van der Waals surface area contributed by atoms with Crippen LogP contribution in [0.5, 0.6) is 0 Å². The molecule has 0 bridgehead atoms. The fourth-order valence-corrected chi connectivity index (χ4v) is 5.11. The van der Waals surface area contributed by atoms with E-state index in [0.29, 0.717) is 18.3 Å². The number of rotatable bonds is 3. The Morgan fingerprint density at radius 1 is 1.21 bits per heavy atom.